The predicted octanol–water partition coefficient (Wildman–Crippen LogP) is 3.59. The van der Waals surface area contributed by atoms with Crippen molar-refractivity contribution in [1.82, 2.24) is 9.78 Å². The van der Waals surface area contributed by atoms with Gasteiger partial charge in [-0.2, -0.15) is 5.10 Å². The van der Waals surface area contributed by atoms with Gasteiger partial charge in [-0.15, -0.1) is 0 Å². The minimum absolute atomic E-state index is 0.135. The van der Waals surface area contributed by atoms with Gasteiger partial charge in [-0.3, -0.25) is 4.79 Å². The van der Waals surface area contributed by atoms with E-state index in [1.54, 1.807) is 28.9 Å². The van der Waals surface area contributed by atoms with Crippen molar-refractivity contribution in [3.05, 3.63) is 69.9 Å². The van der Waals surface area contributed by atoms with Crippen molar-refractivity contribution in [3.8, 4) is 11.4 Å². The normalized spacial score (nSPS) is 14.4. The number of carbonyl (C=O) groups excluding carboxylic acids is 1. The molecule has 0 aliphatic carbocycles. The molecule has 30 heavy (non-hydrogen) atoms. The smallest absolute Gasteiger partial charge is 0.263 e. The molecule has 1 aliphatic heterocycles. The van der Waals surface area contributed by atoms with Gasteiger partial charge in [0, 0.05) is 10.6 Å². The Morgan fingerprint density at radius 1 is 1.17 bits per heavy atom. The zero-order valence-corrected chi connectivity index (χ0v) is 18.0. The van der Waals surface area contributed by atoms with Crippen LogP contribution in [0.5, 0.6) is 5.75 Å². The van der Waals surface area contributed by atoms with E-state index in [0.717, 1.165) is 16.8 Å². The van der Waals surface area contributed by atoms with Crippen LogP contribution in [0.3, 0.4) is 0 Å². The molecule has 2 aromatic carbocycles. The number of halogens is 1. The highest BCUT2D eigenvalue weighted by molar-refractivity contribution is 7.90. The number of hydrogen-bond acceptors (Lipinski definition) is 5. The van der Waals surface area contributed by atoms with Gasteiger partial charge in [0.25, 0.3) is 5.91 Å². The standard InChI is InChI=1S/C21H20ClN3O4S/c1-13-3-8-19(14(2)9-13)25-21(17-11-30(27,28)12-18(17)24-25)23-20(26)10-29-16-6-4-15(22)5-7-16/h3-9H,10-12H2,1-2H3,(H,23,26). The molecule has 3 aromatic rings. The molecule has 4 rings (SSSR count). The quantitative estimate of drug-likeness (QED) is 0.648. The van der Waals surface area contributed by atoms with Crippen LogP contribution < -0.4 is 10.1 Å². The van der Waals surface area contributed by atoms with Gasteiger partial charge in [0.15, 0.2) is 16.4 Å². The average molecular weight is 446 g/mol. The topological polar surface area (TPSA) is 90.3 Å². The first-order chi connectivity index (χ1) is 14.2. The maximum Gasteiger partial charge on any atom is 0.263 e. The molecule has 0 radical (unpaired) electrons. The van der Waals surface area contributed by atoms with Gasteiger partial charge in [0.2, 0.25) is 0 Å². The Hall–Kier alpha value is -2.84. The lowest BCUT2D eigenvalue weighted by molar-refractivity contribution is -0.118. The molecule has 9 heteroatoms. The SMILES string of the molecule is Cc1ccc(-n2nc3c(c2NC(=O)COc2ccc(Cl)cc2)CS(=O)(=O)C3)c(C)c1. The summed E-state index contributed by atoms with van der Waals surface area (Å²) < 4.78 is 31.3. The van der Waals surface area contributed by atoms with Crippen LogP contribution in [0.2, 0.25) is 5.02 Å². The minimum Gasteiger partial charge on any atom is -0.484 e. The number of anilines is 1. The molecule has 0 bridgehead atoms. The fourth-order valence-electron chi connectivity index (χ4n) is 3.44. The third-order valence-electron chi connectivity index (χ3n) is 4.81. The zero-order valence-electron chi connectivity index (χ0n) is 16.5. The molecule has 1 N–H and O–H groups in total. The average Bonchev–Trinajstić information content (AvgIpc) is 3.14. The van der Waals surface area contributed by atoms with Gasteiger partial charge in [0.05, 0.1) is 22.9 Å². The molecule has 7 nitrogen and oxygen atoms in total. The summed E-state index contributed by atoms with van der Waals surface area (Å²) in [6, 6.07) is 12.5. The summed E-state index contributed by atoms with van der Waals surface area (Å²) in [7, 11) is -3.27. The monoisotopic (exact) mass is 445 g/mol. The number of rotatable bonds is 5. The Morgan fingerprint density at radius 2 is 1.90 bits per heavy atom. The third-order valence-corrected chi connectivity index (χ3v) is 6.50. The number of aromatic nitrogens is 2. The molecule has 0 spiro atoms. The summed E-state index contributed by atoms with van der Waals surface area (Å²) >= 11 is 5.85. The summed E-state index contributed by atoms with van der Waals surface area (Å²) in [5, 5.41) is 7.86. The molecular formula is C21H20ClN3O4S. The second kappa shape index (κ2) is 7.77. The molecular weight excluding hydrogens is 426 g/mol. The van der Waals surface area contributed by atoms with E-state index in [2.05, 4.69) is 10.4 Å². The Morgan fingerprint density at radius 3 is 2.60 bits per heavy atom. The zero-order chi connectivity index (χ0) is 21.5. The number of sulfone groups is 1. The highest BCUT2D eigenvalue weighted by atomic mass is 35.5. The number of benzene rings is 2. The van der Waals surface area contributed by atoms with Crippen molar-refractivity contribution in [2.24, 2.45) is 0 Å². The van der Waals surface area contributed by atoms with E-state index < -0.39 is 15.7 Å². The van der Waals surface area contributed by atoms with Gasteiger partial charge in [0.1, 0.15) is 11.6 Å². The van der Waals surface area contributed by atoms with E-state index in [1.807, 2.05) is 32.0 Å². The largest absolute Gasteiger partial charge is 0.484 e. The van der Waals surface area contributed by atoms with Gasteiger partial charge in [-0.25, -0.2) is 13.1 Å². The van der Waals surface area contributed by atoms with E-state index >= 15 is 0 Å². The second-order valence-electron chi connectivity index (χ2n) is 7.30. The first kappa shape index (κ1) is 20.4. The van der Waals surface area contributed by atoms with Crippen LogP contribution in [0, 0.1) is 13.8 Å². The maximum atomic E-state index is 12.6. The number of fused-ring (bicyclic) bond motifs is 1. The van der Waals surface area contributed by atoms with Crippen LogP contribution in [0.25, 0.3) is 5.69 Å². The van der Waals surface area contributed by atoms with Crippen LogP contribution in [-0.4, -0.2) is 30.7 Å². The third kappa shape index (κ3) is 4.20. The lowest BCUT2D eigenvalue weighted by atomic mass is 10.1. The maximum absolute atomic E-state index is 12.6. The molecule has 0 atom stereocenters. The van der Waals surface area contributed by atoms with Gasteiger partial charge in [-0.1, -0.05) is 29.3 Å². The number of amides is 1. The Balaban J connectivity index is 1.62. The van der Waals surface area contributed by atoms with Crippen LogP contribution in [0.4, 0.5) is 5.82 Å². The van der Waals surface area contributed by atoms with Gasteiger partial charge >= 0.3 is 0 Å². The Bertz CT molecular complexity index is 1230. The van der Waals surface area contributed by atoms with E-state index in [-0.39, 0.29) is 18.1 Å². The van der Waals surface area contributed by atoms with Crippen molar-refractivity contribution >= 4 is 33.2 Å². The molecule has 0 saturated carbocycles. The van der Waals surface area contributed by atoms with Crippen molar-refractivity contribution in [1.29, 1.82) is 0 Å². The molecule has 2 heterocycles. The van der Waals surface area contributed by atoms with Gasteiger partial charge in [-0.05, 0) is 49.7 Å². The summed E-state index contributed by atoms with van der Waals surface area (Å²) in [5.41, 5.74) is 3.83. The molecule has 1 aliphatic rings. The Labute approximate surface area is 179 Å². The van der Waals surface area contributed by atoms with Crippen molar-refractivity contribution in [3.63, 3.8) is 0 Å². The minimum atomic E-state index is -3.27. The van der Waals surface area contributed by atoms with Crippen molar-refractivity contribution in [2.75, 3.05) is 11.9 Å². The fourth-order valence-corrected chi connectivity index (χ4v) is 5.06. The Kier molecular flexibility index (Phi) is 5.29. The van der Waals surface area contributed by atoms with E-state index in [9.17, 15) is 13.2 Å². The first-order valence-corrected chi connectivity index (χ1v) is 11.5. The number of aryl methyl sites for hydroxylation is 2. The van der Waals surface area contributed by atoms with E-state index in [0.29, 0.717) is 27.8 Å². The molecule has 0 unspecified atom stereocenters. The second-order valence-corrected chi connectivity index (χ2v) is 9.80. The highest BCUT2D eigenvalue weighted by Crippen LogP contribution is 2.33. The number of nitrogens with one attached hydrogen (secondary N) is 1. The fraction of sp³-hybridized carbons (Fsp3) is 0.238. The van der Waals surface area contributed by atoms with Crippen molar-refractivity contribution < 1.29 is 17.9 Å². The summed E-state index contributed by atoms with van der Waals surface area (Å²) in [4.78, 5) is 12.6. The highest BCUT2D eigenvalue weighted by Gasteiger charge is 2.33. The molecule has 156 valence electrons. The van der Waals surface area contributed by atoms with Crippen LogP contribution in [0.15, 0.2) is 42.5 Å². The molecule has 1 aromatic heterocycles. The number of ether oxygens (including phenoxy) is 1. The van der Waals surface area contributed by atoms with E-state index in [4.69, 9.17) is 16.3 Å². The van der Waals surface area contributed by atoms with E-state index in [1.165, 1.54) is 0 Å². The van der Waals surface area contributed by atoms with Gasteiger partial charge < -0.3 is 10.1 Å². The molecule has 1 amide bonds. The lowest BCUT2D eigenvalue weighted by Crippen LogP contribution is -2.23. The summed E-state index contributed by atoms with van der Waals surface area (Å²) in [6.45, 7) is 3.70. The van der Waals surface area contributed by atoms with Crippen molar-refractivity contribution in [2.45, 2.75) is 25.4 Å². The first-order valence-electron chi connectivity index (χ1n) is 9.29. The summed E-state index contributed by atoms with van der Waals surface area (Å²) in [6.07, 6.45) is 0. The lowest BCUT2D eigenvalue weighted by Gasteiger charge is -2.14. The van der Waals surface area contributed by atoms with Crippen LogP contribution in [0.1, 0.15) is 22.4 Å². The molecule has 0 fully saturated rings. The van der Waals surface area contributed by atoms with Crippen LogP contribution in [-0.2, 0) is 26.1 Å². The predicted molar refractivity (Wildman–Crippen MR) is 115 cm³/mol. The summed E-state index contributed by atoms with van der Waals surface area (Å²) in [5.74, 6) is 0.168. The number of hydrogen-bond donors (Lipinski definition) is 1. The molecule has 0 saturated heterocycles. The number of nitrogens with zero attached hydrogens (tertiary/aromatic N) is 2. The van der Waals surface area contributed by atoms with Crippen LogP contribution >= 0.6 is 11.6 Å². The number of carbonyl (C=O) groups is 1.